The summed E-state index contributed by atoms with van der Waals surface area (Å²) in [6.07, 6.45) is 1.77. The summed E-state index contributed by atoms with van der Waals surface area (Å²) < 4.78 is 7.84. The first-order valence-corrected chi connectivity index (χ1v) is 10.6. The minimum Gasteiger partial charge on any atom is -0.453 e. The Morgan fingerprint density at radius 3 is 2.73 bits per heavy atom. The fourth-order valence-corrected chi connectivity index (χ4v) is 3.96. The van der Waals surface area contributed by atoms with Crippen molar-refractivity contribution in [1.82, 2.24) is 20.1 Å². The third-order valence-corrected chi connectivity index (χ3v) is 5.65. The Balaban J connectivity index is 1.48. The smallest absolute Gasteiger partial charge is 0.230 e. The van der Waals surface area contributed by atoms with Gasteiger partial charge < -0.3 is 9.73 Å². The Morgan fingerprint density at radius 1 is 1.20 bits per heavy atom. The van der Waals surface area contributed by atoms with Crippen molar-refractivity contribution in [2.45, 2.75) is 24.7 Å². The number of amides is 1. The van der Waals surface area contributed by atoms with E-state index in [4.69, 9.17) is 4.42 Å². The van der Waals surface area contributed by atoms with Crippen molar-refractivity contribution in [2.24, 2.45) is 0 Å². The minimum atomic E-state index is -0.0604. The molecule has 7 heteroatoms. The van der Waals surface area contributed by atoms with Crippen LogP contribution in [0.25, 0.3) is 22.6 Å². The Kier molecular flexibility index (Phi) is 5.99. The molecule has 2 heterocycles. The highest BCUT2D eigenvalue weighted by atomic mass is 32.2. The molecule has 0 saturated carbocycles. The molecule has 4 aromatic rings. The van der Waals surface area contributed by atoms with Crippen molar-refractivity contribution in [3.05, 3.63) is 78.9 Å². The molecule has 0 radical (unpaired) electrons. The quantitative estimate of drug-likeness (QED) is 0.327. The lowest BCUT2D eigenvalue weighted by Gasteiger charge is -2.14. The highest BCUT2D eigenvalue weighted by Gasteiger charge is 2.18. The maximum atomic E-state index is 12.4. The van der Waals surface area contributed by atoms with Crippen molar-refractivity contribution in [3.63, 3.8) is 0 Å². The summed E-state index contributed by atoms with van der Waals surface area (Å²) in [6.45, 7) is 6.31. The average Bonchev–Trinajstić information content (AvgIpc) is 3.37. The zero-order chi connectivity index (χ0) is 20.9. The summed E-state index contributed by atoms with van der Waals surface area (Å²) in [5.74, 6) is 1.44. The Labute approximate surface area is 179 Å². The van der Waals surface area contributed by atoms with Gasteiger partial charge in [0, 0.05) is 11.9 Å². The molecule has 30 heavy (non-hydrogen) atoms. The van der Waals surface area contributed by atoms with Crippen LogP contribution in [-0.2, 0) is 11.3 Å². The number of nitrogens with zero attached hydrogens (tertiary/aromatic N) is 3. The van der Waals surface area contributed by atoms with Crippen LogP contribution >= 0.6 is 11.8 Å². The van der Waals surface area contributed by atoms with Crippen LogP contribution in [-0.4, -0.2) is 26.4 Å². The molecular weight excluding hydrogens is 396 g/mol. The topological polar surface area (TPSA) is 73.0 Å². The number of aromatic nitrogens is 3. The molecule has 4 rings (SSSR count). The second-order valence-electron chi connectivity index (χ2n) is 6.84. The number of allylic oxidation sites excluding steroid dienone is 1. The fraction of sp³-hybridized carbons (Fsp3) is 0.174. The Morgan fingerprint density at radius 2 is 1.97 bits per heavy atom. The number of benzene rings is 2. The van der Waals surface area contributed by atoms with E-state index in [0.717, 1.165) is 16.5 Å². The van der Waals surface area contributed by atoms with Crippen molar-refractivity contribution in [1.29, 1.82) is 0 Å². The number of thioether (sulfide) groups is 1. The van der Waals surface area contributed by atoms with Gasteiger partial charge in [0.15, 0.2) is 10.9 Å². The van der Waals surface area contributed by atoms with Crippen LogP contribution in [0, 0.1) is 0 Å². The van der Waals surface area contributed by atoms with E-state index in [-0.39, 0.29) is 17.7 Å². The van der Waals surface area contributed by atoms with Gasteiger partial charge in [-0.05, 0) is 24.6 Å². The minimum absolute atomic E-state index is 0.0588. The van der Waals surface area contributed by atoms with Gasteiger partial charge in [-0.1, -0.05) is 66.4 Å². The first-order chi connectivity index (χ1) is 14.7. The molecule has 2 aromatic carbocycles. The molecule has 1 amide bonds. The van der Waals surface area contributed by atoms with Gasteiger partial charge in [-0.3, -0.25) is 9.36 Å². The standard InChI is InChI=1S/C23H22N4O2S/c1-3-13-27-22(20-14-18-11-7-8-12-19(18)29-20)25-26-23(27)30-15-21(28)24-16(2)17-9-5-4-6-10-17/h3-12,14,16H,1,13,15H2,2H3,(H,24,28)/t16-/m0/s1. The summed E-state index contributed by atoms with van der Waals surface area (Å²) in [7, 11) is 0. The van der Waals surface area contributed by atoms with E-state index in [9.17, 15) is 4.79 Å². The predicted octanol–water partition coefficient (Wildman–Crippen LogP) is 4.85. The van der Waals surface area contributed by atoms with Crippen LogP contribution in [0.4, 0.5) is 0 Å². The number of hydrogen-bond acceptors (Lipinski definition) is 5. The summed E-state index contributed by atoms with van der Waals surface area (Å²) in [4.78, 5) is 12.4. The van der Waals surface area contributed by atoms with Gasteiger partial charge in [-0.15, -0.1) is 16.8 Å². The van der Waals surface area contributed by atoms with E-state index in [1.54, 1.807) is 6.08 Å². The number of nitrogens with one attached hydrogen (secondary N) is 1. The fourth-order valence-electron chi connectivity index (χ4n) is 3.20. The largest absolute Gasteiger partial charge is 0.453 e. The predicted molar refractivity (Wildman–Crippen MR) is 119 cm³/mol. The number of furan rings is 1. The monoisotopic (exact) mass is 418 g/mol. The van der Waals surface area contributed by atoms with Crippen LogP contribution in [0.5, 0.6) is 0 Å². The van der Waals surface area contributed by atoms with Crippen molar-refractivity contribution in [3.8, 4) is 11.6 Å². The van der Waals surface area contributed by atoms with Crippen molar-refractivity contribution < 1.29 is 9.21 Å². The number of carbonyl (C=O) groups excluding carboxylic acids is 1. The summed E-state index contributed by atoms with van der Waals surface area (Å²) >= 11 is 1.34. The van der Waals surface area contributed by atoms with E-state index in [0.29, 0.717) is 23.3 Å². The summed E-state index contributed by atoms with van der Waals surface area (Å²) in [6, 6.07) is 19.6. The van der Waals surface area contributed by atoms with E-state index >= 15 is 0 Å². The summed E-state index contributed by atoms with van der Waals surface area (Å²) in [5.41, 5.74) is 1.86. The zero-order valence-corrected chi connectivity index (χ0v) is 17.4. The Hall–Kier alpha value is -3.32. The van der Waals surface area contributed by atoms with Gasteiger partial charge in [-0.2, -0.15) is 0 Å². The van der Waals surface area contributed by atoms with E-state index < -0.39 is 0 Å². The van der Waals surface area contributed by atoms with Gasteiger partial charge in [0.2, 0.25) is 11.7 Å². The molecule has 0 aliphatic heterocycles. The lowest BCUT2D eigenvalue weighted by Crippen LogP contribution is -2.28. The first-order valence-electron chi connectivity index (χ1n) is 9.66. The molecule has 0 aliphatic rings. The highest BCUT2D eigenvalue weighted by Crippen LogP contribution is 2.29. The molecule has 1 N–H and O–H groups in total. The number of carbonyl (C=O) groups is 1. The van der Waals surface area contributed by atoms with Gasteiger partial charge in [0.1, 0.15) is 5.58 Å². The highest BCUT2D eigenvalue weighted by molar-refractivity contribution is 7.99. The van der Waals surface area contributed by atoms with Gasteiger partial charge >= 0.3 is 0 Å². The van der Waals surface area contributed by atoms with Crippen LogP contribution in [0.15, 0.2) is 82.9 Å². The molecule has 0 bridgehead atoms. The van der Waals surface area contributed by atoms with Gasteiger partial charge in [-0.25, -0.2) is 0 Å². The molecule has 0 unspecified atom stereocenters. The molecule has 0 fully saturated rings. The number of fused-ring (bicyclic) bond motifs is 1. The molecule has 0 saturated heterocycles. The lowest BCUT2D eigenvalue weighted by atomic mass is 10.1. The van der Waals surface area contributed by atoms with E-state index in [1.165, 1.54) is 11.8 Å². The van der Waals surface area contributed by atoms with E-state index in [2.05, 4.69) is 22.1 Å². The zero-order valence-electron chi connectivity index (χ0n) is 16.6. The van der Waals surface area contributed by atoms with Crippen LogP contribution in [0.3, 0.4) is 0 Å². The second kappa shape index (κ2) is 9.00. The molecule has 0 spiro atoms. The first kappa shape index (κ1) is 20.0. The van der Waals surface area contributed by atoms with Crippen LogP contribution < -0.4 is 5.32 Å². The second-order valence-corrected chi connectivity index (χ2v) is 7.78. The molecule has 1 atom stereocenters. The Bertz CT molecular complexity index is 1130. The van der Waals surface area contributed by atoms with Gasteiger partial charge in [0.05, 0.1) is 11.8 Å². The van der Waals surface area contributed by atoms with Crippen LogP contribution in [0.2, 0.25) is 0 Å². The number of rotatable bonds is 8. The molecule has 0 aliphatic carbocycles. The average molecular weight is 419 g/mol. The summed E-state index contributed by atoms with van der Waals surface area (Å²) in [5, 5.41) is 13.3. The number of hydrogen-bond donors (Lipinski definition) is 1. The SMILES string of the molecule is C=CCn1c(SCC(=O)N[C@@H](C)c2ccccc2)nnc1-c1cc2ccccc2o1. The molecule has 6 nitrogen and oxygen atoms in total. The number of para-hydroxylation sites is 1. The normalized spacial score (nSPS) is 12.0. The van der Waals surface area contributed by atoms with Crippen molar-refractivity contribution >= 4 is 28.6 Å². The van der Waals surface area contributed by atoms with Gasteiger partial charge in [0.25, 0.3) is 0 Å². The third kappa shape index (κ3) is 4.31. The third-order valence-electron chi connectivity index (χ3n) is 4.68. The van der Waals surface area contributed by atoms with E-state index in [1.807, 2.05) is 72.2 Å². The molecule has 152 valence electrons. The van der Waals surface area contributed by atoms with Crippen molar-refractivity contribution in [2.75, 3.05) is 5.75 Å². The lowest BCUT2D eigenvalue weighted by molar-refractivity contribution is -0.119. The molecular formula is C23H22N4O2S. The maximum absolute atomic E-state index is 12.4. The maximum Gasteiger partial charge on any atom is 0.230 e. The molecule has 2 aromatic heterocycles. The van der Waals surface area contributed by atoms with Crippen LogP contribution in [0.1, 0.15) is 18.5 Å².